The van der Waals surface area contributed by atoms with Crippen LogP contribution < -0.4 is 4.74 Å². The van der Waals surface area contributed by atoms with Gasteiger partial charge in [-0.05, 0) is 6.07 Å². The number of non-ortho nitro benzene ring substituents is 1. The normalized spacial score (nSPS) is 11.7. The van der Waals surface area contributed by atoms with Gasteiger partial charge in [0.1, 0.15) is 0 Å². The minimum absolute atomic E-state index is 0.336. The van der Waals surface area contributed by atoms with Gasteiger partial charge in [-0.15, -0.1) is 0 Å². The highest BCUT2D eigenvalue weighted by atomic mass is 19.1. The molecule has 0 bridgehead atoms. The molecule has 0 aliphatic heterocycles. The Bertz CT molecular complexity index is 674. The standard InChI is InChI=1S/C14H10FNO5/c15-11-8-10(16(19)20)6-7-12(11)21-13(14(17)18)9-4-2-1-3-5-9/h1-8,13H,(H,17,18). The molecule has 0 aliphatic rings. The van der Waals surface area contributed by atoms with Crippen molar-refractivity contribution in [1.82, 2.24) is 0 Å². The van der Waals surface area contributed by atoms with Gasteiger partial charge in [-0.2, -0.15) is 0 Å². The highest BCUT2D eigenvalue weighted by molar-refractivity contribution is 5.74. The quantitative estimate of drug-likeness (QED) is 0.675. The van der Waals surface area contributed by atoms with Crippen LogP contribution in [0.15, 0.2) is 48.5 Å². The van der Waals surface area contributed by atoms with Crippen LogP contribution in [0.5, 0.6) is 5.75 Å². The van der Waals surface area contributed by atoms with E-state index >= 15 is 0 Å². The smallest absolute Gasteiger partial charge is 0.349 e. The van der Waals surface area contributed by atoms with Crippen LogP contribution in [0.25, 0.3) is 0 Å². The fourth-order valence-corrected chi connectivity index (χ4v) is 1.71. The van der Waals surface area contributed by atoms with E-state index in [0.717, 1.165) is 12.1 Å². The Labute approximate surface area is 118 Å². The summed E-state index contributed by atoms with van der Waals surface area (Å²) < 4.78 is 18.9. The summed E-state index contributed by atoms with van der Waals surface area (Å²) in [6, 6.07) is 10.8. The van der Waals surface area contributed by atoms with E-state index in [1.54, 1.807) is 18.2 Å². The van der Waals surface area contributed by atoms with Crippen LogP contribution in [0.1, 0.15) is 11.7 Å². The van der Waals surface area contributed by atoms with Gasteiger partial charge in [-0.3, -0.25) is 10.1 Å². The van der Waals surface area contributed by atoms with Crippen molar-refractivity contribution in [2.24, 2.45) is 0 Å². The van der Waals surface area contributed by atoms with E-state index < -0.39 is 28.5 Å². The number of carboxylic acid groups (broad SMARTS) is 1. The van der Waals surface area contributed by atoms with E-state index in [9.17, 15) is 19.3 Å². The minimum atomic E-state index is -1.40. The van der Waals surface area contributed by atoms with E-state index in [2.05, 4.69) is 0 Å². The highest BCUT2D eigenvalue weighted by Gasteiger charge is 2.23. The molecule has 2 aromatic rings. The molecule has 1 atom stereocenters. The topological polar surface area (TPSA) is 89.7 Å². The second-order valence-electron chi connectivity index (χ2n) is 4.12. The summed E-state index contributed by atoms with van der Waals surface area (Å²) in [5.41, 5.74) is -0.103. The lowest BCUT2D eigenvalue weighted by Crippen LogP contribution is -2.18. The lowest BCUT2D eigenvalue weighted by atomic mass is 10.1. The Balaban J connectivity index is 2.30. The number of ether oxygens (including phenoxy) is 1. The largest absolute Gasteiger partial charge is 0.478 e. The van der Waals surface area contributed by atoms with Gasteiger partial charge in [0.15, 0.2) is 11.6 Å². The number of carbonyl (C=O) groups is 1. The minimum Gasteiger partial charge on any atom is -0.478 e. The van der Waals surface area contributed by atoms with Crippen LogP contribution in [-0.4, -0.2) is 16.0 Å². The number of benzene rings is 2. The maximum Gasteiger partial charge on any atom is 0.349 e. The summed E-state index contributed by atoms with van der Waals surface area (Å²) in [6.07, 6.45) is -1.40. The summed E-state index contributed by atoms with van der Waals surface area (Å²) >= 11 is 0. The van der Waals surface area contributed by atoms with Crippen molar-refractivity contribution in [2.45, 2.75) is 6.10 Å². The number of aliphatic carboxylic acids is 1. The van der Waals surface area contributed by atoms with Gasteiger partial charge in [0.05, 0.1) is 11.0 Å². The van der Waals surface area contributed by atoms with Gasteiger partial charge in [-0.1, -0.05) is 30.3 Å². The van der Waals surface area contributed by atoms with Gasteiger partial charge in [0.25, 0.3) is 5.69 Å². The van der Waals surface area contributed by atoms with Gasteiger partial charge < -0.3 is 9.84 Å². The average Bonchev–Trinajstić information content (AvgIpc) is 2.46. The summed E-state index contributed by atoms with van der Waals surface area (Å²) in [7, 11) is 0. The van der Waals surface area contributed by atoms with Gasteiger partial charge in [0, 0.05) is 11.6 Å². The van der Waals surface area contributed by atoms with E-state index in [4.69, 9.17) is 9.84 Å². The zero-order valence-electron chi connectivity index (χ0n) is 10.6. The lowest BCUT2D eigenvalue weighted by molar-refractivity contribution is -0.385. The Morgan fingerprint density at radius 2 is 1.90 bits per heavy atom. The van der Waals surface area contributed by atoms with Gasteiger partial charge in [0.2, 0.25) is 6.10 Å². The molecule has 21 heavy (non-hydrogen) atoms. The van der Waals surface area contributed by atoms with Crippen molar-refractivity contribution >= 4 is 11.7 Å². The van der Waals surface area contributed by atoms with E-state index in [-0.39, 0.29) is 5.75 Å². The molecule has 0 spiro atoms. The molecule has 7 heteroatoms. The molecule has 0 radical (unpaired) electrons. The number of hydrogen-bond acceptors (Lipinski definition) is 4. The number of hydrogen-bond donors (Lipinski definition) is 1. The third-order valence-corrected chi connectivity index (χ3v) is 2.70. The maximum atomic E-state index is 13.7. The summed E-state index contributed by atoms with van der Waals surface area (Å²) in [5.74, 6) is -2.65. The first-order chi connectivity index (χ1) is 9.99. The van der Waals surface area contributed by atoms with Gasteiger partial charge >= 0.3 is 5.97 Å². The van der Waals surface area contributed by atoms with Crippen LogP contribution in [-0.2, 0) is 4.79 Å². The number of halogens is 1. The molecule has 108 valence electrons. The molecule has 1 unspecified atom stereocenters. The first-order valence-electron chi connectivity index (χ1n) is 5.87. The Hall–Kier alpha value is -2.96. The van der Waals surface area contributed by atoms with E-state index in [1.165, 1.54) is 12.1 Å². The summed E-state index contributed by atoms with van der Waals surface area (Å²) in [5, 5.41) is 19.7. The maximum absolute atomic E-state index is 13.7. The van der Waals surface area contributed by atoms with Crippen molar-refractivity contribution in [3.05, 3.63) is 70.0 Å². The number of carboxylic acids is 1. The molecule has 0 aliphatic carbocycles. The molecule has 2 aromatic carbocycles. The third kappa shape index (κ3) is 3.33. The predicted octanol–water partition coefficient (Wildman–Crippen LogP) is 2.94. The molecular formula is C14H10FNO5. The van der Waals surface area contributed by atoms with Crippen molar-refractivity contribution in [2.75, 3.05) is 0 Å². The van der Waals surface area contributed by atoms with Crippen molar-refractivity contribution in [1.29, 1.82) is 0 Å². The number of nitro groups is 1. The molecule has 1 N–H and O–H groups in total. The Kier molecular flexibility index (Phi) is 4.13. The first-order valence-corrected chi connectivity index (χ1v) is 5.87. The fourth-order valence-electron chi connectivity index (χ4n) is 1.71. The van der Waals surface area contributed by atoms with Crippen LogP contribution in [0, 0.1) is 15.9 Å². The first kappa shape index (κ1) is 14.4. The number of nitro benzene ring substituents is 1. The Morgan fingerprint density at radius 3 is 2.43 bits per heavy atom. The third-order valence-electron chi connectivity index (χ3n) is 2.70. The second-order valence-corrected chi connectivity index (χ2v) is 4.12. The zero-order chi connectivity index (χ0) is 15.4. The molecule has 0 saturated carbocycles. The fraction of sp³-hybridized carbons (Fsp3) is 0.0714. The second kappa shape index (κ2) is 6.00. The number of rotatable bonds is 5. The summed E-state index contributed by atoms with van der Waals surface area (Å²) in [6.45, 7) is 0. The van der Waals surface area contributed by atoms with Gasteiger partial charge in [-0.25, -0.2) is 9.18 Å². The van der Waals surface area contributed by atoms with Crippen molar-refractivity contribution < 1.29 is 24.0 Å². The molecule has 0 amide bonds. The number of nitrogens with zero attached hydrogens (tertiary/aromatic N) is 1. The molecule has 0 aromatic heterocycles. The summed E-state index contributed by atoms with van der Waals surface area (Å²) in [4.78, 5) is 21.0. The monoisotopic (exact) mass is 291 g/mol. The highest BCUT2D eigenvalue weighted by Crippen LogP contribution is 2.27. The van der Waals surface area contributed by atoms with Crippen LogP contribution in [0.2, 0.25) is 0 Å². The SMILES string of the molecule is O=C(O)C(Oc1ccc([N+](=O)[O-])cc1F)c1ccccc1. The predicted molar refractivity (Wildman–Crippen MR) is 70.5 cm³/mol. The van der Waals surface area contributed by atoms with E-state index in [1.807, 2.05) is 0 Å². The Morgan fingerprint density at radius 1 is 1.24 bits per heavy atom. The molecule has 6 nitrogen and oxygen atoms in total. The lowest BCUT2D eigenvalue weighted by Gasteiger charge is -2.15. The molecule has 0 heterocycles. The molecule has 0 fully saturated rings. The van der Waals surface area contributed by atoms with E-state index in [0.29, 0.717) is 11.6 Å². The molecular weight excluding hydrogens is 281 g/mol. The average molecular weight is 291 g/mol. The van der Waals surface area contributed by atoms with Crippen molar-refractivity contribution in [3.63, 3.8) is 0 Å². The van der Waals surface area contributed by atoms with Crippen LogP contribution in [0.4, 0.5) is 10.1 Å². The van der Waals surface area contributed by atoms with Crippen LogP contribution >= 0.6 is 0 Å². The molecule has 0 saturated heterocycles. The molecule has 2 rings (SSSR count). The van der Waals surface area contributed by atoms with Crippen LogP contribution in [0.3, 0.4) is 0 Å². The zero-order valence-corrected chi connectivity index (χ0v) is 10.6. The van der Waals surface area contributed by atoms with Crippen molar-refractivity contribution in [3.8, 4) is 5.75 Å².